The Balaban J connectivity index is 1.52. The fourth-order valence-corrected chi connectivity index (χ4v) is 3.94. The Hall–Kier alpha value is -2.51. The van der Waals surface area contributed by atoms with Crippen molar-refractivity contribution in [2.75, 3.05) is 39.4 Å². The molecule has 6 nitrogen and oxygen atoms in total. The Morgan fingerprint density at radius 1 is 1.10 bits per heavy atom. The van der Waals surface area contributed by atoms with Gasteiger partial charge in [-0.3, -0.25) is 9.78 Å². The number of carbonyl (C=O) groups is 1. The molecular weight excluding hydrogens is 373 g/mol. The summed E-state index contributed by atoms with van der Waals surface area (Å²) in [5.74, 6) is 0.789. The maximum absolute atomic E-state index is 13.2. The van der Waals surface area contributed by atoms with Gasteiger partial charge in [-0.05, 0) is 56.3 Å². The van der Waals surface area contributed by atoms with Gasteiger partial charge in [-0.2, -0.15) is 0 Å². The van der Waals surface area contributed by atoms with Gasteiger partial charge in [0.25, 0.3) is 0 Å². The van der Waals surface area contributed by atoms with Crippen LogP contribution in [0.15, 0.2) is 42.7 Å². The zero-order chi connectivity index (χ0) is 20.1. The molecule has 2 aliphatic rings. The SMILES string of the molecule is O=C1COCC(c2cnccc2Oc2ccc(F)cc2)N1CCN1CCCCC1. The van der Waals surface area contributed by atoms with Gasteiger partial charge in [0.1, 0.15) is 23.9 Å². The molecule has 0 spiro atoms. The van der Waals surface area contributed by atoms with Crippen LogP contribution >= 0.6 is 0 Å². The Morgan fingerprint density at radius 3 is 2.69 bits per heavy atom. The smallest absolute Gasteiger partial charge is 0.249 e. The lowest BCUT2D eigenvalue weighted by atomic mass is 10.1. The van der Waals surface area contributed by atoms with Crippen LogP contribution < -0.4 is 4.74 Å². The number of hydrogen-bond donors (Lipinski definition) is 0. The number of rotatable bonds is 6. The highest BCUT2D eigenvalue weighted by Gasteiger charge is 2.32. The average molecular weight is 399 g/mol. The lowest BCUT2D eigenvalue weighted by Crippen LogP contribution is -2.48. The van der Waals surface area contributed by atoms with Gasteiger partial charge in [-0.1, -0.05) is 6.42 Å². The lowest BCUT2D eigenvalue weighted by molar-refractivity contribution is -0.148. The molecule has 154 valence electrons. The number of pyridine rings is 1. The first-order valence-electron chi connectivity index (χ1n) is 10.2. The molecule has 0 bridgehead atoms. The van der Waals surface area contributed by atoms with Gasteiger partial charge in [0.15, 0.2) is 0 Å². The third-order valence-corrected chi connectivity index (χ3v) is 5.51. The molecular formula is C22H26FN3O3. The quantitative estimate of drug-likeness (QED) is 0.745. The Kier molecular flexibility index (Phi) is 6.36. The number of amides is 1. The van der Waals surface area contributed by atoms with E-state index >= 15 is 0 Å². The fraction of sp³-hybridized carbons (Fsp3) is 0.455. The summed E-state index contributed by atoms with van der Waals surface area (Å²) >= 11 is 0. The molecule has 0 N–H and O–H groups in total. The van der Waals surface area contributed by atoms with E-state index in [2.05, 4.69) is 9.88 Å². The van der Waals surface area contributed by atoms with Crippen LogP contribution in [0.3, 0.4) is 0 Å². The van der Waals surface area contributed by atoms with Crippen LogP contribution in [0, 0.1) is 5.82 Å². The molecule has 1 atom stereocenters. The lowest BCUT2D eigenvalue weighted by Gasteiger charge is -2.38. The van der Waals surface area contributed by atoms with E-state index in [4.69, 9.17) is 9.47 Å². The van der Waals surface area contributed by atoms with Gasteiger partial charge in [-0.15, -0.1) is 0 Å². The monoisotopic (exact) mass is 399 g/mol. The van der Waals surface area contributed by atoms with Crippen LogP contribution in [0.25, 0.3) is 0 Å². The number of nitrogens with zero attached hydrogens (tertiary/aromatic N) is 3. The number of morpholine rings is 1. The van der Waals surface area contributed by atoms with E-state index in [1.54, 1.807) is 30.6 Å². The molecule has 1 amide bonds. The van der Waals surface area contributed by atoms with E-state index in [1.807, 2.05) is 4.90 Å². The average Bonchev–Trinajstić information content (AvgIpc) is 2.75. The predicted molar refractivity (Wildman–Crippen MR) is 106 cm³/mol. The second-order valence-corrected chi connectivity index (χ2v) is 7.49. The highest BCUT2D eigenvalue weighted by Crippen LogP contribution is 2.34. The van der Waals surface area contributed by atoms with Crippen molar-refractivity contribution < 1.29 is 18.7 Å². The fourth-order valence-electron chi connectivity index (χ4n) is 3.94. The first-order chi connectivity index (χ1) is 14.2. The number of aromatic nitrogens is 1. The standard InChI is InChI=1S/C22H26FN3O3/c23-17-4-6-18(7-5-17)29-21-8-9-24-14-19(21)20-15-28-16-22(27)26(20)13-12-25-10-2-1-3-11-25/h4-9,14,20H,1-3,10-13,15-16H2. The maximum atomic E-state index is 13.2. The molecule has 1 aromatic heterocycles. The summed E-state index contributed by atoms with van der Waals surface area (Å²) in [7, 11) is 0. The number of benzene rings is 1. The minimum Gasteiger partial charge on any atom is -0.457 e. The van der Waals surface area contributed by atoms with Crippen molar-refractivity contribution in [1.82, 2.24) is 14.8 Å². The van der Waals surface area contributed by atoms with Crippen LogP contribution in [0.2, 0.25) is 0 Å². The molecule has 0 aliphatic carbocycles. The third kappa shape index (κ3) is 4.92. The predicted octanol–water partition coefficient (Wildman–Crippen LogP) is 3.40. The number of likely N-dealkylation sites (tertiary alicyclic amines) is 1. The molecule has 3 heterocycles. The normalized spacial score (nSPS) is 20.7. The van der Waals surface area contributed by atoms with Crippen LogP contribution in [0.4, 0.5) is 4.39 Å². The van der Waals surface area contributed by atoms with Gasteiger partial charge in [0.05, 0.1) is 12.6 Å². The highest BCUT2D eigenvalue weighted by molar-refractivity contribution is 5.78. The van der Waals surface area contributed by atoms with E-state index in [9.17, 15) is 9.18 Å². The summed E-state index contributed by atoms with van der Waals surface area (Å²) in [6.07, 6.45) is 7.10. The van der Waals surface area contributed by atoms with Crippen molar-refractivity contribution in [1.29, 1.82) is 0 Å². The summed E-state index contributed by atoms with van der Waals surface area (Å²) in [4.78, 5) is 21.2. The number of carbonyl (C=O) groups excluding carboxylic acids is 1. The second kappa shape index (κ2) is 9.33. The van der Waals surface area contributed by atoms with E-state index in [0.29, 0.717) is 24.7 Å². The van der Waals surface area contributed by atoms with Crippen molar-refractivity contribution in [3.8, 4) is 11.5 Å². The molecule has 2 aromatic rings. The molecule has 2 fully saturated rings. The van der Waals surface area contributed by atoms with Crippen molar-refractivity contribution in [3.63, 3.8) is 0 Å². The summed E-state index contributed by atoms with van der Waals surface area (Å²) in [5.41, 5.74) is 0.795. The molecule has 1 unspecified atom stereocenters. The van der Waals surface area contributed by atoms with E-state index < -0.39 is 0 Å². The minimum absolute atomic E-state index is 0.0187. The summed E-state index contributed by atoms with van der Waals surface area (Å²) in [5, 5.41) is 0. The summed E-state index contributed by atoms with van der Waals surface area (Å²) in [6.45, 7) is 4.19. The molecule has 1 aromatic carbocycles. The van der Waals surface area contributed by atoms with Gasteiger partial charge in [0, 0.05) is 31.0 Å². The molecule has 7 heteroatoms. The number of piperidine rings is 1. The van der Waals surface area contributed by atoms with Gasteiger partial charge in [-0.25, -0.2) is 4.39 Å². The van der Waals surface area contributed by atoms with Gasteiger partial charge in [0.2, 0.25) is 5.91 Å². The molecule has 0 saturated carbocycles. The first kappa shape index (κ1) is 19.8. The van der Waals surface area contributed by atoms with Crippen molar-refractivity contribution in [3.05, 3.63) is 54.1 Å². The Labute approximate surface area is 170 Å². The molecule has 29 heavy (non-hydrogen) atoms. The van der Waals surface area contributed by atoms with Gasteiger partial charge >= 0.3 is 0 Å². The number of halogens is 1. The molecule has 2 aliphatic heterocycles. The van der Waals surface area contributed by atoms with Crippen molar-refractivity contribution in [2.24, 2.45) is 0 Å². The number of ether oxygens (including phenoxy) is 2. The summed E-state index contributed by atoms with van der Waals surface area (Å²) in [6, 6.07) is 7.38. The highest BCUT2D eigenvalue weighted by atomic mass is 19.1. The zero-order valence-electron chi connectivity index (χ0n) is 16.4. The minimum atomic E-state index is -0.317. The second-order valence-electron chi connectivity index (χ2n) is 7.49. The maximum Gasteiger partial charge on any atom is 0.249 e. The van der Waals surface area contributed by atoms with Gasteiger partial charge < -0.3 is 19.3 Å². The molecule has 2 saturated heterocycles. The Bertz CT molecular complexity index is 824. The van der Waals surface area contributed by atoms with Crippen LogP contribution in [0.5, 0.6) is 11.5 Å². The summed E-state index contributed by atoms with van der Waals surface area (Å²) < 4.78 is 24.7. The van der Waals surface area contributed by atoms with E-state index in [-0.39, 0.29) is 24.4 Å². The van der Waals surface area contributed by atoms with Crippen molar-refractivity contribution in [2.45, 2.75) is 25.3 Å². The van der Waals surface area contributed by atoms with Crippen molar-refractivity contribution >= 4 is 5.91 Å². The van der Waals surface area contributed by atoms with Crippen LogP contribution in [-0.2, 0) is 9.53 Å². The zero-order valence-corrected chi connectivity index (χ0v) is 16.4. The van der Waals surface area contributed by atoms with E-state index in [0.717, 1.165) is 25.2 Å². The van der Waals surface area contributed by atoms with Crippen LogP contribution in [-0.4, -0.2) is 60.1 Å². The van der Waals surface area contributed by atoms with E-state index in [1.165, 1.54) is 31.4 Å². The first-order valence-corrected chi connectivity index (χ1v) is 10.2. The largest absolute Gasteiger partial charge is 0.457 e. The molecule has 0 radical (unpaired) electrons. The number of hydrogen-bond acceptors (Lipinski definition) is 5. The topological polar surface area (TPSA) is 54.9 Å². The Morgan fingerprint density at radius 2 is 1.90 bits per heavy atom. The third-order valence-electron chi connectivity index (χ3n) is 5.51. The van der Waals surface area contributed by atoms with Crippen LogP contribution in [0.1, 0.15) is 30.9 Å². The molecule has 4 rings (SSSR count).